The van der Waals surface area contributed by atoms with Crippen LogP contribution in [-0.2, 0) is 4.74 Å². The lowest BCUT2D eigenvalue weighted by molar-refractivity contribution is -0.0848. The standard InChI is InChI=1S/C19H20FN3O4/c1-9-7-11(3-4-13(9)20)14(24)17-15(25)16(26)19(27-17)23-6-5-12-10(2)21-8-22-18(12)23/h3-8,14-17,19,24-26H,1-2H3. The van der Waals surface area contributed by atoms with Crippen LogP contribution in [0.25, 0.3) is 11.0 Å². The van der Waals surface area contributed by atoms with Gasteiger partial charge in [0.1, 0.15) is 42.2 Å². The summed E-state index contributed by atoms with van der Waals surface area (Å²) >= 11 is 0. The Morgan fingerprint density at radius 1 is 1.15 bits per heavy atom. The first-order valence-electron chi connectivity index (χ1n) is 8.62. The number of aryl methyl sites for hydroxylation is 2. The van der Waals surface area contributed by atoms with Gasteiger partial charge in [-0.25, -0.2) is 14.4 Å². The molecule has 3 aromatic rings. The van der Waals surface area contributed by atoms with Crippen molar-refractivity contribution >= 4 is 11.0 Å². The van der Waals surface area contributed by atoms with Crippen molar-refractivity contribution < 1.29 is 24.4 Å². The van der Waals surface area contributed by atoms with E-state index in [4.69, 9.17) is 4.74 Å². The fraction of sp³-hybridized carbons (Fsp3) is 0.368. The van der Waals surface area contributed by atoms with E-state index in [1.807, 2.05) is 6.92 Å². The summed E-state index contributed by atoms with van der Waals surface area (Å²) in [5.41, 5.74) is 2.12. The Balaban J connectivity index is 1.66. The summed E-state index contributed by atoms with van der Waals surface area (Å²) in [6, 6.07) is 5.99. The molecule has 2 aromatic heterocycles. The first-order valence-corrected chi connectivity index (χ1v) is 8.62. The molecule has 0 aliphatic carbocycles. The van der Waals surface area contributed by atoms with Crippen molar-refractivity contribution in [1.29, 1.82) is 0 Å². The van der Waals surface area contributed by atoms with Crippen LogP contribution >= 0.6 is 0 Å². The summed E-state index contributed by atoms with van der Waals surface area (Å²) in [6.07, 6.45) is -2.70. The van der Waals surface area contributed by atoms with Crippen molar-refractivity contribution in [2.45, 2.75) is 44.5 Å². The lowest BCUT2D eigenvalue weighted by Gasteiger charge is -2.22. The van der Waals surface area contributed by atoms with Gasteiger partial charge in [0.25, 0.3) is 0 Å². The van der Waals surface area contributed by atoms with Gasteiger partial charge in [-0.2, -0.15) is 0 Å². The third-order valence-electron chi connectivity index (χ3n) is 5.09. The summed E-state index contributed by atoms with van der Waals surface area (Å²) in [6.45, 7) is 3.43. The van der Waals surface area contributed by atoms with Crippen LogP contribution in [0.4, 0.5) is 4.39 Å². The molecule has 3 N–H and O–H groups in total. The molecule has 0 amide bonds. The molecule has 7 nitrogen and oxygen atoms in total. The van der Waals surface area contributed by atoms with E-state index in [2.05, 4.69) is 9.97 Å². The third kappa shape index (κ3) is 2.90. The number of fused-ring (bicyclic) bond motifs is 1. The predicted octanol–water partition coefficient (Wildman–Crippen LogP) is 1.54. The molecule has 1 aliphatic rings. The van der Waals surface area contributed by atoms with E-state index in [0.29, 0.717) is 16.8 Å². The van der Waals surface area contributed by atoms with Gasteiger partial charge in [-0.1, -0.05) is 12.1 Å². The molecule has 0 bridgehead atoms. The number of rotatable bonds is 3. The number of ether oxygens (including phenoxy) is 1. The maximum atomic E-state index is 13.5. The van der Waals surface area contributed by atoms with Crippen molar-refractivity contribution in [1.82, 2.24) is 14.5 Å². The minimum Gasteiger partial charge on any atom is -0.387 e. The lowest BCUT2D eigenvalue weighted by Crippen LogP contribution is -2.34. The first-order chi connectivity index (χ1) is 12.9. The highest BCUT2D eigenvalue weighted by molar-refractivity contribution is 5.78. The van der Waals surface area contributed by atoms with Crippen LogP contribution in [0.2, 0.25) is 0 Å². The highest BCUT2D eigenvalue weighted by Gasteiger charge is 2.47. The number of aromatic nitrogens is 3. The van der Waals surface area contributed by atoms with Crippen LogP contribution in [0.1, 0.15) is 29.2 Å². The van der Waals surface area contributed by atoms with E-state index in [-0.39, 0.29) is 5.82 Å². The quantitative estimate of drug-likeness (QED) is 0.644. The molecule has 1 fully saturated rings. The molecular weight excluding hydrogens is 353 g/mol. The van der Waals surface area contributed by atoms with E-state index < -0.39 is 30.6 Å². The second-order valence-corrected chi connectivity index (χ2v) is 6.85. The number of benzene rings is 1. The Labute approximate surface area is 154 Å². The SMILES string of the molecule is Cc1cc(C(O)C2OC(n3ccc4c(C)ncnc43)C(O)C2O)ccc1F. The Morgan fingerprint density at radius 2 is 1.93 bits per heavy atom. The van der Waals surface area contributed by atoms with Crippen LogP contribution in [0.3, 0.4) is 0 Å². The van der Waals surface area contributed by atoms with Gasteiger partial charge < -0.3 is 24.6 Å². The Kier molecular flexibility index (Phi) is 4.43. The van der Waals surface area contributed by atoms with Crippen molar-refractivity contribution in [3.63, 3.8) is 0 Å². The number of hydrogen-bond acceptors (Lipinski definition) is 6. The number of hydrogen-bond donors (Lipinski definition) is 3. The van der Waals surface area contributed by atoms with E-state index in [1.165, 1.54) is 24.5 Å². The van der Waals surface area contributed by atoms with E-state index in [0.717, 1.165) is 11.1 Å². The predicted molar refractivity (Wildman–Crippen MR) is 94.3 cm³/mol. The summed E-state index contributed by atoms with van der Waals surface area (Å²) < 4.78 is 20.9. The van der Waals surface area contributed by atoms with Gasteiger partial charge >= 0.3 is 0 Å². The van der Waals surface area contributed by atoms with Crippen molar-refractivity contribution in [2.24, 2.45) is 0 Å². The Bertz CT molecular complexity index is 992. The molecule has 4 rings (SSSR count). The summed E-state index contributed by atoms with van der Waals surface area (Å²) in [4.78, 5) is 8.36. The van der Waals surface area contributed by atoms with Gasteiger partial charge in [0.2, 0.25) is 0 Å². The molecule has 0 radical (unpaired) electrons. The van der Waals surface area contributed by atoms with Crippen molar-refractivity contribution in [3.8, 4) is 0 Å². The van der Waals surface area contributed by atoms with Gasteiger partial charge in [-0.05, 0) is 37.1 Å². The molecule has 5 atom stereocenters. The van der Waals surface area contributed by atoms with E-state index in [9.17, 15) is 19.7 Å². The summed E-state index contributed by atoms with van der Waals surface area (Å²) in [5.74, 6) is -0.384. The molecule has 8 heteroatoms. The highest BCUT2D eigenvalue weighted by atomic mass is 19.1. The molecule has 142 valence electrons. The topological polar surface area (TPSA) is 101 Å². The molecule has 0 saturated carbocycles. The molecule has 3 heterocycles. The second-order valence-electron chi connectivity index (χ2n) is 6.85. The molecular formula is C19H20FN3O4. The van der Waals surface area contributed by atoms with Gasteiger partial charge in [-0.3, -0.25) is 0 Å². The van der Waals surface area contributed by atoms with Gasteiger partial charge in [-0.15, -0.1) is 0 Å². The normalized spacial score (nSPS) is 26.6. The van der Waals surface area contributed by atoms with Gasteiger partial charge in [0.05, 0.1) is 5.69 Å². The molecule has 1 saturated heterocycles. The average molecular weight is 373 g/mol. The van der Waals surface area contributed by atoms with Crippen molar-refractivity contribution in [2.75, 3.05) is 0 Å². The third-order valence-corrected chi connectivity index (χ3v) is 5.09. The molecule has 1 aromatic carbocycles. The Morgan fingerprint density at radius 3 is 2.67 bits per heavy atom. The minimum atomic E-state index is -1.32. The molecule has 5 unspecified atom stereocenters. The van der Waals surface area contributed by atoms with Crippen LogP contribution in [0.5, 0.6) is 0 Å². The van der Waals surface area contributed by atoms with Crippen LogP contribution < -0.4 is 0 Å². The molecule has 0 spiro atoms. The summed E-state index contributed by atoms with van der Waals surface area (Å²) in [5, 5.41) is 32.4. The molecule has 27 heavy (non-hydrogen) atoms. The Hall–Kier alpha value is -2.39. The second kappa shape index (κ2) is 6.65. The number of nitrogens with zero attached hydrogens (tertiary/aromatic N) is 3. The zero-order chi connectivity index (χ0) is 19.3. The summed E-state index contributed by atoms with van der Waals surface area (Å²) in [7, 11) is 0. The van der Waals surface area contributed by atoms with Gasteiger partial charge in [0.15, 0.2) is 6.23 Å². The van der Waals surface area contributed by atoms with Crippen LogP contribution in [0.15, 0.2) is 36.8 Å². The lowest BCUT2D eigenvalue weighted by atomic mass is 9.98. The fourth-order valence-electron chi connectivity index (χ4n) is 3.52. The maximum absolute atomic E-state index is 13.5. The number of aliphatic hydroxyl groups is 3. The van der Waals surface area contributed by atoms with Crippen molar-refractivity contribution in [3.05, 3.63) is 59.4 Å². The highest BCUT2D eigenvalue weighted by Crippen LogP contribution is 2.37. The van der Waals surface area contributed by atoms with E-state index in [1.54, 1.807) is 23.8 Å². The van der Waals surface area contributed by atoms with Crippen LogP contribution in [-0.4, -0.2) is 48.2 Å². The largest absolute Gasteiger partial charge is 0.387 e. The van der Waals surface area contributed by atoms with Gasteiger partial charge in [0, 0.05) is 11.6 Å². The maximum Gasteiger partial charge on any atom is 0.164 e. The number of halogens is 1. The zero-order valence-electron chi connectivity index (χ0n) is 14.8. The zero-order valence-corrected chi connectivity index (χ0v) is 14.8. The monoisotopic (exact) mass is 373 g/mol. The van der Waals surface area contributed by atoms with Crippen LogP contribution in [0, 0.1) is 19.7 Å². The molecule has 1 aliphatic heterocycles. The number of aliphatic hydroxyl groups excluding tert-OH is 3. The fourth-order valence-corrected chi connectivity index (χ4v) is 3.52. The first kappa shape index (κ1) is 18.0. The van der Waals surface area contributed by atoms with E-state index >= 15 is 0 Å². The minimum absolute atomic E-state index is 0.375. The smallest absolute Gasteiger partial charge is 0.164 e. The average Bonchev–Trinajstić information content (AvgIpc) is 3.20.